The minimum Gasteiger partial charge on any atom is -0.394 e. The van der Waals surface area contributed by atoms with Crippen molar-refractivity contribution in [2.45, 2.75) is 72.8 Å². The summed E-state index contributed by atoms with van der Waals surface area (Å²) in [5.41, 5.74) is 7.80. The minimum atomic E-state index is 0.333. The second-order valence-corrected chi connectivity index (χ2v) is 6.41. The Morgan fingerprint density at radius 3 is 2.35 bits per heavy atom. The van der Waals surface area contributed by atoms with Crippen molar-refractivity contribution >= 4 is 11.5 Å². The maximum atomic E-state index is 6.09. The van der Waals surface area contributed by atoms with E-state index in [0.717, 1.165) is 29.7 Å². The molecule has 0 unspecified atom stereocenters. The molecule has 0 aromatic carbocycles. The summed E-state index contributed by atoms with van der Waals surface area (Å²) in [5.74, 6) is 1.82. The highest BCUT2D eigenvalue weighted by Crippen LogP contribution is 2.25. The zero-order valence-electron chi connectivity index (χ0n) is 13.9. The van der Waals surface area contributed by atoms with Crippen molar-refractivity contribution in [2.24, 2.45) is 5.92 Å². The van der Waals surface area contributed by atoms with Crippen LogP contribution in [0.3, 0.4) is 0 Å². The van der Waals surface area contributed by atoms with Crippen molar-refractivity contribution in [3.8, 4) is 0 Å². The highest BCUT2D eigenvalue weighted by molar-refractivity contribution is 5.64. The van der Waals surface area contributed by atoms with Gasteiger partial charge in [-0.15, -0.1) is 0 Å². The van der Waals surface area contributed by atoms with Gasteiger partial charge in [-0.05, 0) is 33.1 Å². The molecule has 20 heavy (non-hydrogen) atoms. The first-order chi connectivity index (χ1) is 9.43. The van der Waals surface area contributed by atoms with E-state index in [1.165, 1.54) is 32.1 Å². The number of nitrogens with zero attached hydrogens (tertiary/aromatic N) is 2. The van der Waals surface area contributed by atoms with Crippen LogP contribution >= 0.6 is 0 Å². The summed E-state index contributed by atoms with van der Waals surface area (Å²) in [5, 5.41) is 7.95. The third kappa shape index (κ3) is 5.06. The molecule has 4 nitrogen and oxygen atoms in total. The fourth-order valence-electron chi connectivity index (χ4n) is 2.35. The van der Waals surface area contributed by atoms with Crippen molar-refractivity contribution in [3.05, 3.63) is 5.69 Å². The van der Waals surface area contributed by atoms with Crippen LogP contribution in [0.15, 0.2) is 0 Å². The molecular weight excluding hydrogens is 248 g/mol. The lowest BCUT2D eigenvalue weighted by molar-refractivity contribution is 0.520. The van der Waals surface area contributed by atoms with E-state index in [1.807, 2.05) is 11.6 Å². The molecule has 0 aliphatic heterocycles. The van der Waals surface area contributed by atoms with Gasteiger partial charge < -0.3 is 11.1 Å². The van der Waals surface area contributed by atoms with Crippen LogP contribution in [0.5, 0.6) is 0 Å². The summed E-state index contributed by atoms with van der Waals surface area (Å²) in [6.45, 7) is 11.8. The number of unbranched alkanes of at least 4 members (excludes halogenated alkanes) is 3. The number of nitrogens with one attached hydrogen (secondary N) is 1. The van der Waals surface area contributed by atoms with Gasteiger partial charge in [-0.3, -0.25) is 0 Å². The Bertz CT molecular complexity index is 393. The van der Waals surface area contributed by atoms with Gasteiger partial charge in [0.2, 0.25) is 0 Å². The molecule has 0 radical (unpaired) electrons. The standard InChI is InChI=1S/C16H32N4/c1-12(2)10-8-6-7-9-11-18-16-15(17)14(5)19-20(16)13(3)4/h12-13,18H,6-11,17H2,1-5H3. The van der Waals surface area contributed by atoms with Gasteiger partial charge in [0.1, 0.15) is 5.82 Å². The van der Waals surface area contributed by atoms with Gasteiger partial charge in [0.15, 0.2) is 0 Å². The van der Waals surface area contributed by atoms with Crippen LogP contribution in [0.2, 0.25) is 0 Å². The summed E-state index contributed by atoms with van der Waals surface area (Å²) in [6.07, 6.45) is 6.51. The minimum absolute atomic E-state index is 0.333. The summed E-state index contributed by atoms with van der Waals surface area (Å²) in [4.78, 5) is 0. The predicted molar refractivity (Wildman–Crippen MR) is 88.2 cm³/mol. The second kappa shape index (κ2) is 8.18. The highest BCUT2D eigenvalue weighted by atomic mass is 15.4. The van der Waals surface area contributed by atoms with Crippen LogP contribution in [-0.4, -0.2) is 16.3 Å². The molecule has 0 saturated carbocycles. The number of aromatic nitrogens is 2. The molecule has 0 saturated heterocycles. The fraction of sp³-hybridized carbons (Fsp3) is 0.812. The number of anilines is 2. The fourth-order valence-corrected chi connectivity index (χ4v) is 2.35. The molecule has 0 amide bonds. The summed E-state index contributed by atoms with van der Waals surface area (Å²) in [6, 6.07) is 0.333. The quantitative estimate of drug-likeness (QED) is 0.660. The van der Waals surface area contributed by atoms with E-state index in [4.69, 9.17) is 5.73 Å². The number of hydrogen-bond donors (Lipinski definition) is 2. The molecule has 116 valence electrons. The lowest BCUT2D eigenvalue weighted by Gasteiger charge is -2.13. The van der Waals surface area contributed by atoms with Crippen LogP contribution in [0.1, 0.15) is 71.5 Å². The van der Waals surface area contributed by atoms with Gasteiger partial charge in [-0.1, -0.05) is 39.5 Å². The third-order valence-electron chi connectivity index (χ3n) is 3.62. The number of hydrogen-bond acceptors (Lipinski definition) is 3. The predicted octanol–water partition coefficient (Wildman–Crippen LogP) is 4.37. The van der Waals surface area contributed by atoms with E-state index in [9.17, 15) is 0 Å². The van der Waals surface area contributed by atoms with Gasteiger partial charge >= 0.3 is 0 Å². The van der Waals surface area contributed by atoms with Crippen LogP contribution in [0, 0.1) is 12.8 Å². The van der Waals surface area contributed by atoms with Crippen molar-refractivity contribution < 1.29 is 0 Å². The molecule has 3 N–H and O–H groups in total. The second-order valence-electron chi connectivity index (χ2n) is 6.41. The Morgan fingerprint density at radius 2 is 1.75 bits per heavy atom. The van der Waals surface area contributed by atoms with Gasteiger partial charge in [-0.25, -0.2) is 4.68 Å². The monoisotopic (exact) mass is 280 g/mol. The largest absolute Gasteiger partial charge is 0.394 e. The SMILES string of the molecule is Cc1nn(C(C)C)c(NCCCCCCC(C)C)c1N. The smallest absolute Gasteiger partial charge is 0.148 e. The van der Waals surface area contributed by atoms with Crippen LogP contribution in [0.4, 0.5) is 11.5 Å². The van der Waals surface area contributed by atoms with E-state index in [1.54, 1.807) is 0 Å². The van der Waals surface area contributed by atoms with Crippen molar-refractivity contribution in [1.29, 1.82) is 0 Å². The lowest BCUT2D eigenvalue weighted by atomic mass is 10.0. The van der Waals surface area contributed by atoms with Crippen molar-refractivity contribution in [3.63, 3.8) is 0 Å². The summed E-state index contributed by atoms with van der Waals surface area (Å²) < 4.78 is 1.99. The molecule has 0 aliphatic carbocycles. The number of nitrogens with two attached hydrogens (primary N) is 1. The lowest BCUT2D eigenvalue weighted by Crippen LogP contribution is -2.12. The summed E-state index contributed by atoms with van der Waals surface area (Å²) >= 11 is 0. The molecule has 0 fully saturated rings. The Labute approximate surface area is 124 Å². The maximum Gasteiger partial charge on any atom is 0.148 e. The van der Waals surface area contributed by atoms with Gasteiger partial charge in [-0.2, -0.15) is 5.10 Å². The van der Waals surface area contributed by atoms with Crippen molar-refractivity contribution in [2.75, 3.05) is 17.6 Å². The number of rotatable bonds is 9. The Kier molecular flexibility index (Phi) is 6.89. The number of aryl methyl sites for hydroxylation is 1. The zero-order chi connectivity index (χ0) is 15.1. The highest BCUT2D eigenvalue weighted by Gasteiger charge is 2.13. The van der Waals surface area contributed by atoms with E-state index in [2.05, 4.69) is 38.1 Å². The van der Waals surface area contributed by atoms with E-state index in [-0.39, 0.29) is 0 Å². The molecule has 0 bridgehead atoms. The first kappa shape index (κ1) is 16.9. The Hall–Kier alpha value is -1.19. The molecular formula is C16H32N4. The van der Waals surface area contributed by atoms with Crippen LogP contribution in [0.25, 0.3) is 0 Å². The maximum absolute atomic E-state index is 6.09. The first-order valence-corrected chi connectivity index (χ1v) is 8.02. The topological polar surface area (TPSA) is 55.9 Å². The average Bonchev–Trinajstić information content (AvgIpc) is 2.65. The molecule has 1 aromatic rings. The van der Waals surface area contributed by atoms with Crippen LogP contribution in [-0.2, 0) is 0 Å². The van der Waals surface area contributed by atoms with Gasteiger partial charge in [0.25, 0.3) is 0 Å². The molecule has 1 aromatic heterocycles. The number of nitrogen functional groups attached to an aromatic ring is 1. The molecule has 0 spiro atoms. The molecule has 1 rings (SSSR count). The Balaban J connectivity index is 2.32. The average molecular weight is 280 g/mol. The summed E-state index contributed by atoms with van der Waals surface area (Å²) in [7, 11) is 0. The molecule has 0 atom stereocenters. The van der Waals surface area contributed by atoms with Crippen LogP contribution < -0.4 is 11.1 Å². The normalized spacial score (nSPS) is 11.6. The van der Waals surface area contributed by atoms with Gasteiger partial charge in [0.05, 0.1) is 11.4 Å². The van der Waals surface area contributed by atoms with Gasteiger partial charge in [0, 0.05) is 12.6 Å². The zero-order valence-corrected chi connectivity index (χ0v) is 13.9. The Morgan fingerprint density at radius 1 is 1.10 bits per heavy atom. The van der Waals surface area contributed by atoms with Crippen molar-refractivity contribution in [1.82, 2.24) is 9.78 Å². The molecule has 0 aliphatic rings. The first-order valence-electron chi connectivity index (χ1n) is 8.02. The molecule has 1 heterocycles. The third-order valence-corrected chi connectivity index (χ3v) is 3.62. The van der Waals surface area contributed by atoms with E-state index < -0.39 is 0 Å². The molecule has 4 heteroatoms. The van der Waals surface area contributed by atoms with E-state index in [0.29, 0.717) is 6.04 Å². The van der Waals surface area contributed by atoms with E-state index >= 15 is 0 Å².